The van der Waals surface area contributed by atoms with Crippen LogP contribution >= 0.6 is 0 Å². The smallest absolute Gasteiger partial charge is 0.206 e. The highest BCUT2D eigenvalue weighted by atomic mass is 19.1. The molecule has 5 nitrogen and oxygen atoms in total. The second-order valence-corrected chi connectivity index (χ2v) is 4.21. The fourth-order valence-corrected chi connectivity index (χ4v) is 2.13. The molecule has 6 heteroatoms. The van der Waals surface area contributed by atoms with Gasteiger partial charge in [-0.25, -0.2) is 9.37 Å². The van der Waals surface area contributed by atoms with E-state index in [1.165, 1.54) is 12.1 Å². The van der Waals surface area contributed by atoms with Gasteiger partial charge in [0.2, 0.25) is 5.95 Å². The van der Waals surface area contributed by atoms with Gasteiger partial charge in [0.25, 0.3) is 0 Å². The number of fused-ring (bicyclic) bond motifs is 1. The van der Waals surface area contributed by atoms with Crippen LogP contribution in [0, 0.1) is 12.7 Å². The van der Waals surface area contributed by atoms with Crippen molar-refractivity contribution in [1.29, 1.82) is 0 Å². The Morgan fingerprint density at radius 3 is 2.78 bits per heavy atom. The van der Waals surface area contributed by atoms with Gasteiger partial charge in [-0.2, -0.15) is 5.10 Å². The number of hydrogen-bond acceptors (Lipinski definition) is 3. The van der Waals surface area contributed by atoms with Gasteiger partial charge in [0, 0.05) is 19.3 Å². The number of nitrogen functional groups attached to an aromatic ring is 1. The van der Waals surface area contributed by atoms with Crippen LogP contribution in [0.5, 0.6) is 0 Å². The van der Waals surface area contributed by atoms with Gasteiger partial charge < -0.3 is 5.73 Å². The third-order valence-electron chi connectivity index (χ3n) is 2.87. The number of imidazole rings is 1. The minimum absolute atomic E-state index is 0.324. The number of halogens is 1. The quantitative estimate of drug-likeness (QED) is 0.711. The second kappa shape index (κ2) is 3.56. The van der Waals surface area contributed by atoms with E-state index in [-0.39, 0.29) is 5.82 Å². The van der Waals surface area contributed by atoms with Crippen molar-refractivity contribution >= 4 is 17.0 Å². The summed E-state index contributed by atoms with van der Waals surface area (Å²) in [5.41, 5.74) is 8.90. The monoisotopic (exact) mass is 245 g/mol. The van der Waals surface area contributed by atoms with Gasteiger partial charge in [-0.15, -0.1) is 0 Å². The maximum atomic E-state index is 13.2. The van der Waals surface area contributed by atoms with Crippen LogP contribution < -0.4 is 5.73 Å². The highest BCUT2D eigenvalue weighted by Gasteiger charge is 2.14. The first-order chi connectivity index (χ1) is 8.56. The Bertz CT molecular complexity index is 740. The van der Waals surface area contributed by atoms with E-state index in [1.807, 2.05) is 20.2 Å². The molecule has 2 heterocycles. The van der Waals surface area contributed by atoms with Gasteiger partial charge >= 0.3 is 0 Å². The molecule has 3 rings (SSSR count). The number of hydrogen-bond donors (Lipinski definition) is 1. The summed E-state index contributed by atoms with van der Waals surface area (Å²) in [6.07, 6.45) is 1.86. The normalized spacial score (nSPS) is 11.3. The molecule has 0 aliphatic carbocycles. The van der Waals surface area contributed by atoms with Crippen molar-refractivity contribution in [1.82, 2.24) is 19.3 Å². The number of aryl methyl sites for hydroxylation is 2. The average molecular weight is 245 g/mol. The highest BCUT2D eigenvalue weighted by Crippen LogP contribution is 2.24. The average Bonchev–Trinajstić information content (AvgIpc) is 2.77. The molecule has 2 aromatic heterocycles. The van der Waals surface area contributed by atoms with Gasteiger partial charge in [-0.3, -0.25) is 9.25 Å². The lowest BCUT2D eigenvalue weighted by molar-refractivity contribution is 0.629. The van der Waals surface area contributed by atoms with Crippen molar-refractivity contribution in [3.8, 4) is 5.69 Å². The Morgan fingerprint density at radius 2 is 2.11 bits per heavy atom. The van der Waals surface area contributed by atoms with Crippen LogP contribution in [0.2, 0.25) is 0 Å². The van der Waals surface area contributed by atoms with Gasteiger partial charge in [0.1, 0.15) is 5.82 Å². The SMILES string of the molecule is Cc1nn(C)cc1-n1c(N)nc2cc(F)ccc21. The lowest BCUT2D eigenvalue weighted by Crippen LogP contribution is -2.00. The lowest BCUT2D eigenvalue weighted by Gasteiger charge is -2.03. The molecule has 0 unspecified atom stereocenters. The molecule has 0 radical (unpaired) electrons. The fourth-order valence-electron chi connectivity index (χ4n) is 2.13. The van der Waals surface area contributed by atoms with Crippen LogP contribution in [-0.4, -0.2) is 19.3 Å². The molecule has 92 valence electrons. The minimum Gasteiger partial charge on any atom is -0.369 e. The lowest BCUT2D eigenvalue weighted by atomic mass is 10.3. The summed E-state index contributed by atoms with van der Waals surface area (Å²) in [4.78, 5) is 4.16. The van der Waals surface area contributed by atoms with E-state index < -0.39 is 0 Å². The zero-order valence-electron chi connectivity index (χ0n) is 10.1. The maximum Gasteiger partial charge on any atom is 0.206 e. The van der Waals surface area contributed by atoms with Crippen molar-refractivity contribution in [3.63, 3.8) is 0 Å². The number of aromatic nitrogens is 4. The molecule has 0 spiro atoms. The topological polar surface area (TPSA) is 61.7 Å². The predicted molar refractivity (Wildman–Crippen MR) is 66.9 cm³/mol. The second-order valence-electron chi connectivity index (χ2n) is 4.21. The number of nitrogens with two attached hydrogens (primary N) is 1. The minimum atomic E-state index is -0.324. The third-order valence-corrected chi connectivity index (χ3v) is 2.87. The number of nitrogens with zero attached hydrogens (tertiary/aromatic N) is 4. The predicted octanol–water partition coefficient (Wildman–Crippen LogP) is 1.79. The number of benzene rings is 1. The van der Waals surface area contributed by atoms with E-state index in [2.05, 4.69) is 10.1 Å². The molecule has 0 aliphatic rings. The third kappa shape index (κ3) is 1.46. The van der Waals surface area contributed by atoms with Crippen molar-refractivity contribution in [2.24, 2.45) is 7.05 Å². The zero-order chi connectivity index (χ0) is 12.9. The number of rotatable bonds is 1. The molecule has 0 saturated carbocycles. The Labute approximate surface area is 103 Å². The van der Waals surface area contributed by atoms with Crippen molar-refractivity contribution in [2.45, 2.75) is 6.92 Å². The standard InChI is InChI=1S/C12H12FN5/c1-7-11(6-17(2)16-7)18-10-4-3-8(13)5-9(10)15-12(18)14/h3-6H,1-2H3,(H2,14,15). The van der Waals surface area contributed by atoms with Crippen LogP contribution in [0.1, 0.15) is 5.69 Å². The molecular formula is C12H12FN5. The van der Waals surface area contributed by atoms with Crippen LogP contribution in [-0.2, 0) is 7.05 Å². The Kier molecular flexibility index (Phi) is 2.13. The summed E-state index contributed by atoms with van der Waals surface area (Å²) in [6, 6.07) is 4.43. The van der Waals surface area contributed by atoms with Crippen LogP contribution in [0.15, 0.2) is 24.4 Å². The highest BCUT2D eigenvalue weighted by molar-refractivity contribution is 5.81. The molecular weight excluding hydrogens is 233 g/mol. The van der Waals surface area contributed by atoms with Crippen LogP contribution in [0.4, 0.5) is 10.3 Å². The van der Waals surface area contributed by atoms with Crippen molar-refractivity contribution in [2.75, 3.05) is 5.73 Å². The molecule has 18 heavy (non-hydrogen) atoms. The first-order valence-electron chi connectivity index (χ1n) is 5.50. The summed E-state index contributed by atoms with van der Waals surface area (Å²) in [5, 5.41) is 4.27. The summed E-state index contributed by atoms with van der Waals surface area (Å²) >= 11 is 0. The molecule has 0 atom stereocenters. The molecule has 0 saturated heterocycles. The van der Waals surface area contributed by atoms with E-state index in [0.29, 0.717) is 11.5 Å². The van der Waals surface area contributed by atoms with Gasteiger partial charge in [0.05, 0.1) is 22.4 Å². The molecule has 2 N–H and O–H groups in total. The van der Waals surface area contributed by atoms with E-state index >= 15 is 0 Å². The molecule has 0 aliphatic heterocycles. The Hall–Kier alpha value is -2.37. The van der Waals surface area contributed by atoms with Gasteiger partial charge in [-0.05, 0) is 19.1 Å². The first-order valence-corrected chi connectivity index (χ1v) is 5.50. The van der Waals surface area contributed by atoms with Crippen molar-refractivity contribution < 1.29 is 4.39 Å². The number of anilines is 1. The molecule has 3 aromatic rings. The summed E-state index contributed by atoms with van der Waals surface area (Å²) in [7, 11) is 1.84. The fraction of sp³-hybridized carbons (Fsp3) is 0.167. The molecule has 0 amide bonds. The Morgan fingerprint density at radius 1 is 1.33 bits per heavy atom. The first kappa shape index (κ1) is 10.8. The summed E-state index contributed by atoms with van der Waals surface area (Å²) < 4.78 is 16.6. The van der Waals surface area contributed by atoms with Crippen LogP contribution in [0.3, 0.4) is 0 Å². The van der Waals surface area contributed by atoms with E-state index in [4.69, 9.17) is 5.73 Å². The Balaban J connectivity index is 2.35. The molecule has 0 fully saturated rings. The van der Waals surface area contributed by atoms with E-state index in [0.717, 1.165) is 16.9 Å². The molecule has 1 aromatic carbocycles. The largest absolute Gasteiger partial charge is 0.369 e. The van der Waals surface area contributed by atoms with E-state index in [9.17, 15) is 4.39 Å². The van der Waals surface area contributed by atoms with Crippen LogP contribution in [0.25, 0.3) is 16.7 Å². The summed E-state index contributed by atoms with van der Waals surface area (Å²) in [6.45, 7) is 1.89. The van der Waals surface area contributed by atoms with E-state index in [1.54, 1.807) is 15.3 Å². The molecule has 0 bridgehead atoms. The van der Waals surface area contributed by atoms with Gasteiger partial charge in [0.15, 0.2) is 0 Å². The van der Waals surface area contributed by atoms with Crippen molar-refractivity contribution in [3.05, 3.63) is 35.9 Å². The van der Waals surface area contributed by atoms with Gasteiger partial charge in [-0.1, -0.05) is 0 Å². The summed E-state index contributed by atoms with van der Waals surface area (Å²) in [5.74, 6) is 0.00163. The zero-order valence-corrected chi connectivity index (χ0v) is 10.1. The maximum absolute atomic E-state index is 13.2.